The summed E-state index contributed by atoms with van der Waals surface area (Å²) in [6.45, 7) is 0.0438. The van der Waals surface area contributed by atoms with Crippen molar-refractivity contribution in [3.63, 3.8) is 0 Å². The molecule has 0 aromatic carbocycles. The van der Waals surface area contributed by atoms with E-state index in [1.165, 1.54) is 19.4 Å². The van der Waals surface area contributed by atoms with E-state index in [-0.39, 0.29) is 18.2 Å². The fourth-order valence-corrected chi connectivity index (χ4v) is 1.13. The van der Waals surface area contributed by atoms with Gasteiger partial charge in [-0.15, -0.1) is 0 Å². The summed E-state index contributed by atoms with van der Waals surface area (Å²) in [6, 6.07) is 1.37. The molecule has 1 aromatic rings. The SMILES string of the molecule is COc1ncc(C=CCCO)cc1[N+](=O)[O-]. The summed E-state index contributed by atoms with van der Waals surface area (Å²) in [7, 11) is 1.33. The summed E-state index contributed by atoms with van der Waals surface area (Å²) in [4.78, 5) is 14.0. The minimum absolute atomic E-state index is 0.00990. The van der Waals surface area contributed by atoms with Gasteiger partial charge < -0.3 is 9.84 Å². The molecule has 0 aliphatic heterocycles. The maximum Gasteiger partial charge on any atom is 0.331 e. The van der Waals surface area contributed by atoms with Crippen LogP contribution in [0.25, 0.3) is 6.08 Å². The van der Waals surface area contributed by atoms with E-state index in [0.717, 1.165) is 0 Å². The second-order valence-electron chi connectivity index (χ2n) is 2.97. The molecule has 6 nitrogen and oxygen atoms in total. The quantitative estimate of drug-likeness (QED) is 0.603. The summed E-state index contributed by atoms with van der Waals surface area (Å²) >= 11 is 0. The Hall–Kier alpha value is -1.95. The van der Waals surface area contributed by atoms with E-state index in [9.17, 15) is 10.1 Å². The minimum Gasteiger partial charge on any atom is -0.476 e. The molecule has 0 saturated heterocycles. The van der Waals surface area contributed by atoms with Crippen molar-refractivity contribution in [2.75, 3.05) is 13.7 Å². The number of pyridine rings is 1. The van der Waals surface area contributed by atoms with Crippen LogP contribution in [0.3, 0.4) is 0 Å². The van der Waals surface area contributed by atoms with Crippen LogP contribution in [0.4, 0.5) is 5.69 Å². The highest BCUT2D eigenvalue weighted by molar-refractivity contribution is 5.55. The number of nitrogens with zero attached hydrogens (tertiary/aromatic N) is 2. The second-order valence-corrected chi connectivity index (χ2v) is 2.97. The van der Waals surface area contributed by atoms with E-state index in [1.807, 2.05) is 0 Å². The van der Waals surface area contributed by atoms with Crippen molar-refractivity contribution >= 4 is 11.8 Å². The topological polar surface area (TPSA) is 85.5 Å². The summed E-state index contributed by atoms with van der Waals surface area (Å²) in [5, 5.41) is 19.3. The fourth-order valence-electron chi connectivity index (χ4n) is 1.13. The maximum absolute atomic E-state index is 10.7. The zero-order valence-corrected chi connectivity index (χ0v) is 8.79. The van der Waals surface area contributed by atoms with Crippen LogP contribution in [-0.2, 0) is 0 Å². The number of methoxy groups -OCH3 is 1. The van der Waals surface area contributed by atoms with Gasteiger partial charge in [0.1, 0.15) is 0 Å². The largest absolute Gasteiger partial charge is 0.476 e. The van der Waals surface area contributed by atoms with Crippen molar-refractivity contribution in [3.05, 3.63) is 34.0 Å². The van der Waals surface area contributed by atoms with E-state index in [0.29, 0.717) is 12.0 Å². The lowest BCUT2D eigenvalue weighted by Gasteiger charge is -2.00. The van der Waals surface area contributed by atoms with E-state index in [4.69, 9.17) is 9.84 Å². The zero-order valence-electron chi connectivity index (χ0n) is 8.79. The Morgan fingerprint density at radius 2 is 2.44 bits per heavy atom. The number of nitro groups is 1. The molecule has 0 fully saturated rings. The predicted octanol–water partition coefficient (Wildman–Crippen LogP) is 1.39. The van der Waals surface area contributed by atoms with Crippen LogP contribution >= 0.6 is 0 Å². The van der Waals surface area contributed by atoms with Gasteiger partial charge in [-0.05, 0) is 12.0 Å². The Morgan fingerprint density at radius 3 is 3.00 bits per heavy atom. The number of rotatable bonds is 5. The Balaban J connectivity index is 2.98. The summed E-state index contributed by atoms with van der Waals surface area (Å²) in [5.74, 6) is -0.00990. The molecule has 1 heterocycles. The molecule has 0 radical (unpaired) electrons. The fraction of sp³-hybridized carbons (Fsp3) is 0.300. The molecule has 0 unspecified atom stereocenters. The molecule has 6 heteroatoms. The average molecular weight is 224 g/mol. The van der Waals surface area contributed by atoms with Gasteiger partial charge in [0, 0.05) is 18.9 Å². The predicted molar refractivity (Wildman–Crippen MR) is 58.2 cm³/mol. The van der Waals surface area contributed by atoms with Crippen molar-refractivity contribution in [3.8, 4) is 5.88 Å². The van der Waals surface area contributed by atoms with Crippen LogP contribution in [0.15, 0.2) is 18.3 Å². The molecule has 0 amide bonds. The van der Waals surface area contributed by atoms with E-state index < -0.39 is 4.92 Å². The third-order valence-electron chi connectivity index (χ3n) is 1.85. The van der Waals surface area contributed by atoms with Gasteiger partial charge in [-0.1, -0.05) is 12.2 Å². The molecule has 0 spiro atoms. The van der Waals surface area contributed by atoms with E-state index in [2.05, 4.69) is 4.98 Å². The lowest BCUT2D eigenvalue weighted by molar-refractivity contribution is -0.386. The molecule has 0 bridgehead atoms. The van der Waals surface area contributed by atoms with Crippen LogP contribution in [0.2, 0.25) is 0 Å². The lowest BCUT2D eigenvalue weighted by Crippen LogP contribution is -1.96. The highest BCUT2D eigenvalue weighted by Gasteiger charge is 2.15. The molecular weight excluding hydrogens is 212 g/mol. The molecule has 1 aromatic heterocycles. The molecule has 0 atom stereocenters. The van der Waals surface area contributed by atoms with Crippen LogP contribution in [0.1, 0.15) is 12.0 Å². The Bertz CT molecular complexity index is 404. The van der Waals surface area contributed by atoms with Gasteiger partial charge in [-0.3, -0.25) is 10.1 Å². The van der Waals surface area contributed by atoms with Crippen molar-refractivity contribution < 1.29 is 14.8 Å². The maximum atomic E-state index is 10.7. The number of aliphatic hydroxyl groups is 1. The third kappa shape index (κ3) is 3.03. The molecule has 1 N–H and O–H groups in total. The van der Waals surface area contributed by atoms with Crippen LogP contribution in [0.5, 0.6) is 5.88 Å². The van der Waals surface area contributed by atoms with Crippen LogP contribution < -0.4 is 4.74 Å². The Kier molecular flexibility index (Phi) is 4.41. The molecule has 1 rings (SSSR count). The Morgan fingerprint density at radius 1 is 1.69 bits per heavy atom. The highest BCUT2D eigenvalue weighted by Crippen LogP contribution is 2.24. The molecule has 0 aliphatic carbocycles. The van der Waals surface area contributed by atoms with Crippen molar-refractivity contribution in [1.29, 1.82) is 0 Å². The first-order valence-electron chi connectivity index (χ1n) is 4.65. The monoisotopic (exact) mass is 224 g/mol. The minimum atomic E-state index is -0.546. The van der Waals surface area contributed by atoms with Crippen molar-refractivity contribution in [2.24, 2.45) is 0 Å². The number of aromatic nitrogens is 1. The van der Waals surface area contributed by atoms with Gasteiger partial charge in [-0.25, -0.2) is 4.98 Å². The smallest absolute Gasteiger partial charge is 0.331 e. The average Bonchev–Trinajstić information content (AvgIpc) is 2.29. The first-order chi connectivity index (χ1) is 7.69. The first-order valence-corrected chi connectivity index (χ1v) is 4.65. The summed E-state index contributed by atoms with van der Waals surface area (Å²) in [5.41, 5.74) is 0.426. The molecule has 0 saturated carbocycles. The molecule has 16 heavy (non-hydrogen) atoms. The van der Waals surface area contributed by atoms with Crippen molar-refractivity contribution in [1.82, 2.24) is 4.98 Å². The van der Waals surface area contributed by atoms with Crippen LogP contribution in [0, 0.1) is 10.1 Å². The van der Waals surface area contributed by atoms with Gasteiger partial charge in [-0.2, -0.15) is 0 Å². The normalized spacial score (nSPS) is 10.6. The second kappa shape index (κ2) is 5.82. The number of hydrogen-bond donors (Lipinski definition) is 1. The number of ether oxygens (including phenoxy) is 1. The Labute approximate surface area is 92.3 Å². The van der Waals surface area contributed by atoms with E-state index in [1.54, 1.807) is 12.2 Å². The van der Waals surface area contributed by atoms with Gasteiger partial charge in [0.25, 0.3) is 5.88 Å². The standard InChI is InChI=1S/C10H12N2O4/c1-16-10-9(12(14)15)6-8(7-11-10)4-2-3-5-13/h2,4,6-7,13H,3,5H2,1H3. The summed E-state index contributed by atoms with van der Waals surface area (Å²) < 4.78 is 4.77. The first kappa shape index (κ1) is 12.1. The van der Waals surface area contributed by atoms with E-state index >= 15 is 0 Å². The number of hydrogen-bond acceptors (Lipinski definition) is 5. The number of aliphatic hydroxyl groups excluding tert-OH is 1. The van der Waals surface area contributed by atoms with Crippen molar-refractivity contribution in [2.45, 2.75) is 6.42 Å². The van der Waals surface area contributed by atoms with Gasteiger partial charge >= 0.3 is 5.69 Å². The third-order valence-corrected chi connectivity index (χ3v) is 1.85. The molecular formula is C10H12N2O4. The molecule has 86 valence electrons. The summed E-state index contributed by atoms with van der Waals surface area (Å²) in [6.07, 6.45) is 5.35. The highest BCUT2D eigenvalue weighted by atomic mass is 16.6. The van der Waals surface area contributed by atoms with Gasteiger partial charge in [0.2, 0.25) is 0 Å². The van der Waals surface area contributed by atoms with Crippen LogP contribution in [-0.4, -0.2) is 28.7 Å². The van der Waals surface area contributed by atoms with Gasteiger partial charge in [0.15, 0.2) is 0 Å². The van der Waals surface area contributed by atoms with Gasteiger partial charge in [0.05, 0.1) is 12.0 Å². The zero-order chi connectivity index (χ0) is 12.0. The molecule has 0 aliphatic rings. The lowest BCUT2D eigenvalue weighted by atomic mass is 10.2.